The first-order valence-electron chi connectivity index (χ1n) is 5.57. The van der Waals surface area contributed by atoms with E-state index in [-0.39, 0.29) is 6.61 Å². The third kappa shape index (κ3) is 4.00. The van der Waals surface area contributed by atoms with Crippen molar-refractivity contribution in [2.45, 2.75) is 33.7 Å². The maximum Gasteiger partial charge on any atom is 0.381 e. The molecular weight excluding hydrogens is 236 g/mol. The molecule has 0 aromatic carbocycles. The number of ether oxygens (including phenoxy) is 3. The van der Waals surface area contributed by atoms with Gasteiger partial charge in [-0.1, -0.05) is 13.2 Å². The smallest absolute Gasteiger partial charge is 0.381 e. The van der Waals surface area contributed by atoms with Gasteiger partial charge in [-0.3, -0.25) is 0 Å². The Morgan fingerprint density at radius 3 is 1.67 bits per heavy atom. The van der Waals surface area contributed by atoms with Crippen LogP contribution in [-0.2, 0) is 23.8 Å². The molecule has 0 aliphatic carbocycles. The monoisotopic (exact) mass is 256 g/mol. The lowest BCUT2D eigenvalue weighted by Crippen LogP contribution is -2.52. The van der Waals surface area contributed by atoms with Crippen molar-refractivity contribution < 1.29 is 23.8 Å². The van der Waals surface area contributed by atoms with E-state index in [1.54, 1.807) is 27.7 Å². The number of esters is 2. The molecule has 0 atom stereocenters. The molecule has 0 unspecified atom stereocenters. The number of carbonyl (C=O) groups is 2. The Morgan fingerprint density at radius 2 is 1.44 bits per heavy atom. The van der Waals surface area contributed by atoms with Crippen molar-refractivity contribution in [2.24, 2.45) is 5.41 Å². The van der Waals surface area contributed by atoms with Crippen LogP contribution in [0.25, 0.3) is 0 Å². The SMILES string of the molecule is C=CC(=O)OC(OCC)(OC(=O)C=C)C(C)(C)C. The standard InChI is InChI=1S/C13H20O5/c1-7-10(14)17-13(16-9-3,12(4,5)6)18-11(15)8-2/h7-8H,1-2,9H2,3-6H3. The van der Waals surface area contributed by atoms with Crippen LogP contribution in [0.5, 0.6) is 0 Å². The summed E-state index contributed by atoms with van der Waals surface area (Å²) in [6.45, 7) is 13.6. The summed E-state index contributed by atoms with van der Waals surface area (Å²) in [5.41, 5.74) is -0.777. The Hall–Kier alpha value is -1.62. The van der Waals surface area contributed by atoms with E-state index >= 15 is 0 Å². The summed E-state index contributed by atoms with van der Waals surface area (Å²) in [5, 5.41) is 0. The molecule has 0 spiro atoms. The molecule has 0 saturated carbocycles. The van der Waals surface area contributed by atoms with E-state index in [9.17, 15) is 9.59 Å². The molecule has 0 radical (unpaired) electrons. The highest BCUT2D eigenvalue weighted by Crippen LogP contribution is 2.36. The Morgan fingerprint density at radius 1 is 1.06 bits per heavy atom. The molecule has 5 heteroatoms. The third-order valence-corrected chi connectivity index (χ3v) is 2.06. The highest BCUT2D eigenvalue weighted by atomic mass is 16.9. The fourth-order valence-corrected chi connectivity index (χ4v) is 1.14. The van der Waals surface area contributed by atoms with Crippen LogP contribution in [0.3, 0.4) is 0 Å². The molecule has 102 valence electrons. The maximum atomic E-state index is 11.4. The van der Waals surface area contributed by atoms with Crippen LogP contribution in [0.4, 0.5) is 0 Å². The van der Waals surface area contributed by atoms with Crippen molar-refractivity contribution in [3.05, 3.63) is 25.3 Å². The zero-order valence-corrected chi connectivity index (χ0v) is 11.3. The quantitative estimate of drug-likeness (QED) is 0.414. The predicted molar refractivity (Wildman–Crippen MR) is 66.4 cm³/mol. The van der Waals surface area contributed by atoms with Gasteiger partial charge in [0.25, 0.3) is 0 Å². The maximum absolute atomic E-state index is 11.4. The summed E-state index contributed by atoms with van der Waals surface area (Å²) < 4.78 is 15.5. The van der Waals surface area contributed by atoms with E-state index in [4.69, 9.17) is 14.2 Å². The lowest BCUT2D eigenvalue weighted by atomic mass is 9.92. The molecular formula is C13H20O5. The highest BCUT2D eigenvalue weighted by Gasteiger charge is 2.51. The normalized spacial score (nSPS) is 11.6. The first-order chi connectivity index (χ1) is 8.22. The van der Waals surface area contributed by atoms with Gasteiger partial charge in [-0.2, -0.15) is 0 Å². The molecule has 5 nitrogen and oxygen atoms in total. The molecule has 0 aromatic heterocycles. The molecule has 0 amide bonds. The van der Waals surface area contributed by atoms with Crippen molar-refractivity contribution in [3.8, 4) is 0 Å². The van der Waals surface area contributed by atoms with Crippen molar-refractivity contribution in [1.82, 2.24) is 0 Å². The van der Waals surface area contributed by atoms with Gasteiger partial charge in [0.05, 0.1) is 12.0 Å². The second-order valence-corrected chi connectivity index (χ2v) is 4.49. The van der Waals surface area contributed by atoms with Crippen molar-refractivity contribution in [3.63, 3.8) is 0 Å². The Balaban J connectivity index is 5.40. The summed E-state index contributed by atoms with van der Waals surface area (Å²) in [4.78, 5) is 22.8. The molecule has 0 bridgehead atoms. The molecule has 0 aromatic rings. The second kappa shape index (κ2) is 6.35. The Kier molecular flexibility index (Phi) is 5.78. The summed E-state index contributed by atoms with van der Waals surface area (Å²) in [6, 6.07) is 0. The highest BCUT2D eigenvalue weighted by molar-refractivity contribution is 5.83. The summed E-state index contributed by atoms with van der Waals surface area (Å²) in [5.74, 6) is -3.29. The van der Waals surface area contributed by atoms with Crippen LogP contribution >= 0.6 is 0 Å². The minimum Gasteiger partial charge on any atom is -0.394 e. The number of rotatable bonds is 6. The summed E-state index contributed by atoms with van der Waals surface area (Å²) in [7, 11) is 0. The van der Waals surface area contributed by atoms with E-state index < -0.39 is 23.3 Å². The van der Waals surface area contributed by atoms with Gasteiger partial charge < -0.3 is 14.2 Å². The Labute approximate surface area is 107 Å². The minimum absolute atomic E-state index is 0.201. The van der Waals surface area contributed by atoms with Crippen molar-refractivity contribution in [1.29, 1.82) is 0 Å². The van der Waals surface area contributed by atoms with E-state index in [2.05, 4.69) is 13.2 Å². The number of carbonyl (C=O) groups excluding carboxylic acids is 2. The average molecular weight is 256 g/mol. The summed E-state index contributed by atoms with van der Waals surface area (Å²) in [6.07, 6.45) is 1.95. The molecule has 0 saturated heterocycles. The first kappa shape index (κ1) is 16.4. The fourth-order valence-electron chi connectivity index (χ4n) is 1.14. The molecule has 0 heterocycles. The van der Waals surface area contributed by atoms with Crippen LogP contribution < -0.4 is 0 Å². The summed E-state index contributed by atoms with van der Waals surface area (Å²) >= 11 is 0. The lowest BCUT2D eigenvalue weighted by molar-refractivity contribution is -0.383. The number of hydrogen-bond acceptors (Lipinski definition) is 5. The van der Waals surface area contributed by atoms with Crippen LogP contribution in [0.2, 0.25) is 0 Å². The van der Waals surface area contributed by atoms with Gasteiger partial charge in [-0.25, -0.2) is 9.59 Å². The molecule has 0 N–H and O–H groups in total. The van der Waals surface area contributed by atoms with E-state index in [0.717, 1.165) is 12.2 Å². The molecule has 0 aliphatic rings. The van der Waals surface area contributed by atoms with Gasteiger partial charge >= 0.3 is 17.9 Å². The van der Waals surface area contributed by atoms with Crippen LogP contribution in [-0.4, -0.2) is 24.5 Å². The van der Waals surface area contributed by atoms with Gasteiger partial charge in [0, 0.05) is 12.2 Å². The molecule has 0 fully saturated rings. The fraction of sp³-hybridized carbons (Fsp3) is 0.538. The van der Waals surface area contributed by atoms with Gasteiger partial charge in [0.15, 0.2) is 0 Å². The lowest BCUT2D eigenvalue weighted by Gasteiger charge is -2.40. The minimum atomic E-state index is -1.81. The van der Waals surface area contributed by atoms with Crippen molar-refractivity contribution in [2.75, 3.05) is 6.61 Å². The average Bonchev–Trinajstić information content (AvgIpc) is 2.27. The van der Waals surface area contributed by atoms with Gasteiger partial charge in [0.1, 0.15) is 0 Å². The first-order valence-corrected chi connectivity index (χ1v) is 5.57. The van der Waals surface area contributed by atoms with Crippen LogP contribution in [0.15, 0.2) is 25.3 Å². The molecule has 18 heavy (non-hydrogen) atoms. The molecule has 0 aliphatic heterocycles. The largest absolute Gasteiger partial charge is 0.394 e. The Bertz CT molecular complexity index is 316. The van der Waals surface area contributed by atoms with Gasteiger partial charge in [0.2, 0.25) is 0 Å². The van der Waals surface area contributed by atoms with Crippen molar-refractivity contribution >= 4 is 11.9 Å². The van der Waals surface area contributed by atoms with E-state index in [1.165, 1.54) is 0 Å². The zero-order chi connectivity index (χ0) is 14.4. The van der Waals surface area contributed by atoms with Crippen LogP contribution in [0.1, 0.15) is 27.7 Å². The van der Waals surface area contributed by atoms with Gasteiger partial charge in [-0.15, -0.1) is 0 Å². The second-order valence-electron chi connectivity index (χ2n) is 4.49. The predicted octanol–water partition coefficient (Wildman–Crippen LogP) is 2.18. The van der Waals surface area contributed by atoms with E-state index in [0.29, 0.717) is 0 Å². The topological polar surface area (TPSA) is 61.8 Å². The third-order valence-electron chi connectivity index (χ3n) is 2.06. The molecule has 0 rings (SSSR count). The van der Waals surface area contributed by atoms with Crippen LogP contribution in [0, 0.1) is 5.41 Å². The zero-order valence-electron chi connectivity index (χ0n) is 11.3. The van der Waals surface area contributed by atoms with E-state index in [1.807, 2.05) is 0 Å². The number of hydrogen-bond donors (Lipinski definition) is 0. The van der Waals surface area contributed by atoms with Gasteiger partial charge in [-0.05, 0) is 27.7 Å².